The zero-order chi connectivity index (χ0) is 10.7. The molecular formula is C11H16BrN3. The highest BCUT2D eigenvalue weighted by Gasteiger charge is 2.16. The number of aromatic nitrogens is 1. The van der Waals surface area contributed by atoms with Gasteiger partial charge in [-0.3, -0.25) is 0 Å². The third-order valence-corrected chi connectivity index (χ3v) is 3.19. The van der Waals surface area contributed by atoms with Crippen molar-refractivity contribution < 1.29 is 0 Å². The fraction of sp³-hybridized carbons (Fsp3) is 0.545. The average Bonchev–Trinajstić information content (AvgIpc) is 2.22. The molecule has 0 radical (unpaired) electrons. The Hall–Kier alpha value is -0.610. The summed E-state index contributed by atoms with van der Waals surface area (Å²) in [5, 5.41) is 3.51. The minimum Gasteiger partial charge on any atom is -0.380 e. The molecule has 1 fully saturated rings. The van der Waals surface area contributed by atoms with E-state index in [2.05, 4.69) is 44.2 Å². The van der Waals surface area contributed by atoms with E-state index in [1.54, 1.807) is 0 Å². The lowest BCUT2D eigenvalue weighted by Crippen LogP contribution is -2.39. The van der Waals surface area contributed by atoms with E-state index < -0.39 is 0 Å². The predicted octanol–water partition coefficient (Wildman–Crippen LogP) is 2.35. The second kappa shape index (κ2) is 4.94. The lowest BCUT2D eigenvalue weighted by Gasteiger charge is -2.30. The Balaban J connectivity index is 1.93. The molecule has 1 atom stereocenters. The first-order valence-electron chi connectivity index (χ1n) is 5.30. The number of nitrogens with zero attached hydrogens (tertiary/aromatic N) is 2. The second-order valence-corrected chi connectivity index (χ2v) is 4.93. The van der Waals surface area contributed by atoms with Crippen LogP contribution in [0, 0.1) is 0 Å². The van der Waals surface area contributed by atoms with Gasteiger partial charge >= 0.3 is 0 Å². The molecule has 2 rings (SSSR count). The van der Waals surface area contributed by atoms with E-state index in [0.717, 1.165) is 16.8 Å². The molecule has 0 spiro atoms. The van der Waals surface area contributed by atoms with Gasteiger partial charge in [0.25, 0.3) is 0 Å². The number of rotatable bonds is 2. The summed E-state index contributed by atoms with van der Waals surface area (Å²) in [6.45, 7) is 2.34. The first-order chi connectivity index (χ1) is 7.24. The molecular weight excluding hydrogens is 254 g/mol. The third-order valence-electron chi connectivity index (χ3n) is 2.72. The predicted molar refractivity (Wildman–Crippen MR) is 66.1 cm³/mol. The van der Waals surface area contributed by atoms with E-state index in [0.29, 0.717) is 6.04 Å². The van der Waals surface area contributed by atoms with Gasteiger partial charge < -0.3 is 10.2 Å². The Morgan fingerprint density at radius 3 is 3.07 bits per heavy atom. The zero-order valence-electron chi connectivity index (χ0n) is 8.91. The molecule has 1 N–H and O–H groups in total. The Morgan fingerprint density at radius 1 is 1.53 bits per heavy atom. The summed E-state index contributed by atoms with van der Waals surface area (Å²) in [5.41, 5.74) is 1.11. The first kappa shape index (κ1) is 10.9. The largest absolute Gasteiger partial charge is 0.380 e. The summed E-state index contributed by atoms with van der Waals surface area (Å²) in [6, 6.07) is 4.59. The molecule has 15 heavy (non-hydrogen) atoms. The molecule has 0 amide bonds. The molecule has 1 saturated heterocycles. The van der Waals surface area contributed by atoms with Crippen LogP contribution in [0.15, 0.2) is 22.9 Å². The van der Waals surface area contributed by atoms with Crippen molar-refractivity contribution in [2.75, 3.05) is 25.5 Å². The van der Waals surface area contributed by atoms with E-state index >= 15 is 0 Å². The number of halogens is 1. The van der Waals surface area contributed by atoms with Crippen LogP contribution in [-0.2, 0) is 0 Å². The van der Waals surface area contributed by atoms with Crippen molar-refractivity contribution in [3.05, 3.63) is 22.9 Å². The summed E-state index contributed by atoms with van der Waals surface area (Å²) in [7, 11) is 2.17. The number of pyridine rings is 1. The number of nitrogens with one attached hydrogen (secondary N) is 1. The molecule has 0 saturated carbocycles. The molecule has 1 aromatic heterocycles. The van der Waals surface area contributed by atoms with Gasteiger partial charge in [0.2, 0.25) is 0 Å². The topological polar surface area (TPSA) is 28.2 Å². The Morgan fingerprint density at radius 2 is 2.40 bits per heavy atom. The van der Waals surface area contributed by atoms with E-state index in [-0.39, 0.29) is 0 Å². The van der Waals surface area contributed by atoms with Gasteiger partial charge in [0.1, 0.15) is 4.60 Å². The number of piperidine rings is 1. The molecule has 0 bridgehead atoms. The Labute approximate surface area is 99.0 Å². The minimum atomic E-state index is 0.562. The lowest BCUT2D eigenvalue weighted by atomic mass is 10.1. The van der Waals surface area contributed by atoms with Gasteiger partial charge in [0.05, 0.1) is 11.9 Å². The Bertz CT molecular complexity index is 312. The maximum absolute atomic E-state index is 4.20. The van der Waals surface area contributed by atoms with Crippen molar-refractivity contribution in [2.24, 2.45) is 0 Å². The summed E-state index contributed by atoms with van der Waals surface area (Å²) >= 11 is 3.33. The molecule has 1 aromatic rings. The van der Waals surface area contributed by atoms with Crippen LogP contribution in [0.4, 0.5) is 5.69 Å². The van der Waals surface area contributed by atoms with Crippen LogP contribution in [0.5, 0.6) is 0 Å². The molecule has 3 nitrogen and oxygen atoms in total. The van der Waals surface area contributed by atoms with Crippen LogP contribution in [-0.4, -0.2) is 36.1 Å². The zero-order valence-corrected chi connectivity index (χ0v) is 10.5. The van der Waals surface area contributed by atoms with Crippen molar-refractivity contribution >= 4 is 21.6 Å². The van der Waals surface area contributed by atoms with Crippen LogP contribution >= 0.6 is 15.9 Å². The molecule has 0 aliphatic carbocycles. The molecule has 1 aliphatic heterocycles. The Kier molecular flexibility index (Phi) is 3.59. The van der Waals surface area contributed by atoms with Gasteiger partial charge in [0, 0.05) is 12.6 Å². The van der Waals surface area contributed by atoms with Crippen molar-refractivity contribution in [3.8, 4) is 0 Å². The van der Waals surface area contributed by atoms with Crippen molar-refractivity contribution in [3.63, 3.8) is 0 Å². The van der Waals surface area contributed by atoms with E-state index in [9.17, 15) is 0 Å². The number of likely N-dealkylation sites (tertiary alicyclic amines) is 1. The van der Waals surface area contributed by atoms with Crippen LogP contribution in [0.3, 0.4) is 0 Å². The fourth-order valence-electron chi connectivity index (χ4n) is 1.98. The van der Waals surface area contributed by atoms with Crippen molar-refractivity contribution in [1.82, 2.24) is 9.88 Å². The number of anilines is 1. The smallest absolute Gasteiger partial charge is 0.106 e. The molecule has 0 aromatic carbocycles. The standard InChI is InChI=1S/C11H16BrN3/c1-15-6-2-3-10(8-15)14-9-4-5-11(12)13-7-9/h4-5,7,10,14H,2-3,6,8H2,1H3. The van der Waals surface area contributed by atoms with Crippen molar-refractivity contribution in [1.29, 1.82) is 0 Å². The molecule has 1 aliphatic rings. The maximum atomic E-state index is 4.20. The SMILES string of the molecule is CN1CCCC(Nc2ccc(Br)nc2)C1. The summed E-state index contributed by atoms with van der Waals surface area (Å²) in [4.78, 5) is 6.57. The number of hydrogen-bond acceptors (Lipinski definition) is 3. The third kappa shape index (κ3) is 3.18. The normalized spacial score (nSPS) is 22.7. The highest BCUT2D eigenvalue weighted by Crippen LogP contribution is 2.15. The second-order valence-electron chi connectivity index (χ2n) is 4.12. The van der Waals surface area contributed by atoms with Gasteiger partial charge in [0.15, 0.2) is 0 Å². The van der Waals surface area contributed by atoms with Gasteiger partial charge in [-0.05, 0) is 54.5 Å². The van der Waals surface area contributed by atoms with Crippen molar-refractivity contribution in [2.45, 2.75) is 18.9 Å². The van der Waals surface area contributed by atoms with Gasteiger partial charge in [-0.2, -0.15) is 0 Å². The van der Waals surface area contributed by atoms with Gasteiger partial charge in [-0.15, -0.1) is 0 Å². The maximum Gasteiger partial charge on any atom is 0.106 e. The fourth-order valence-corrected chi connectivity index (χ4v) is 2.22. The molecule has 4 heteroatoms. The highest BCUT2D eigenvalue weighted by atomic mass is 79.9. The summed E-state index contributed by atoms with van der Waals surface area (Å²) < 4.78 is 0.883. The lowest BCUT2D eigenvalue weighted by molar-refractivity contribution is 0.261. The van der Waals surface area contributed by atoms with E-state index in [1.807, 2.05) is 12.3 Å². The summed E-state index contributed by atoms with van der Waals surface area (Å²) in [6.07, 6.45) is 4.40. The van der Waals surface area contributed by atoms with E-state index in [1.165, 1.54) is 19.4 Å². The quantitative estimate of drug-likeness (QED) is 0.836. The van der Waals surface area contributed by atoms with Gasteiger partial charge in [-0.25, -0.2) is 4.98 Å². The monoisotopic (exact) mass is 269 g/mol. The van der Waals surface area contributed by atoms with Gasteiger partial charge in [-0.1, -0.05) is 0 Å². The first-order valence-corrected chi connectivity index (χ1v) is 6.10. The van der Waals surface area contributed by atoms with Crippen LogP contribution in [0.1, 0.15) is 12.8 Å². The molecule has 82 valence electrons. The number of likely N-dealkylation sites (N-methyl/N-ethyl adjacent to an activating group) is 1. The molecule has 1 unspecified atom stereocenters. The van der Waals surface area contributed by atoms with Crippen LogP contribution in [0.2, 0.25) is 0 Å². The highest BCUT2D eigenvalue weighted by molar-refractivity contribution is 9.10. The molecule has 2 heterocycles. The van der Waals surface area contributed by atoms with Crippen LogP contribution in [0.25, 0.3) is 0 Å². The minimum absolute atomic E-state index is 0.562. The average molecular weight is 270 g/mol. The number of hydrogen-bond donors (Lipinski definition) is 1. The van der Waals surface area contributed by atoms with Crippen LogP contribution < -0.4 is 5.32 Å². The van der Waals surface area contributed by atoms with E-state index in [4.69, 9.17) is 0 Å². The summed E-state index contributed by atoms with van der Waals surface area (Å²) in [5.74, 6) is 0.